The molecule has 0 spiro atoms. The van der Waals surface area contributed by atoms with Crippen LogP contribution in [0.5, 0.6) is 5.75 Å². The van der Waals surface area contributed by atoms with E-state index in [1.54, 1.807) is 42.8 Å². The number of carbonyl (C=O) groups excluding carboxylic acids is 2. The summed E-state index contributed by atoms with van der Waals surface area (Å²) in [4.78, 5) is 27.4. The third-order valence-electron chi connectivity index (χ3n) is 5.26. The van der Waals surface area contributed by atoms with Crippen molar-refractivity contribution < 1.29 is 32.4 Å². The summed E-state index contributed by atoms with van der Waals surface area (Å²) in [6.45, 7) is 3.78. The number of amides is 1. The first-order chi connectivity index (χ1) is 14.7. The fraction of sp³-hybridized carbons (Fsp3) is 0.400. The zero-order chi connectivity index (χ0) is 22.3. The minimum absolute atomic E-state index is 0.191. The van der Waals surface area contributed by atoms with Gasteiger partial charge in [-0.3, -0.25) is 9.59 Å². The second-order valence-corrected chi connectivity index (χ2v) is 7.83. The normalized spacial score (nSPS) is 18.0. The summed E-state index contributed by atoms with van der Waals surface area (Å²) in [7, 11) is 0. The molecule has 0 aliphatic carbocycles. The molecule has 1 atom stereocenters. The molecule has 0 radical (unpaired) electrons. The van der Waals surface area contributed by atoms with Crippen LogP contribution in [-0.2, 0) is 20.9 Å². The minimum atomic E-state index is -2.71. The number of hydrogen-bond acceptors (Lipinski definition) is 6. The van der Waals surface area contributed by atoms with E-state index in [1.165, 1.54) is 0 Å². The van der Waals surface area contributed by atoms with Crippen LogP contribution in [0.1, 0.15) is 13.8 Å². The Labute approximate surface area is 176 Å². The Kier molecular flexibility index (Phi) is 5.11. The molecule has 1 aromatic heterocycles. The van der Waals surface area contributed by atoms with Crippen LogP contribution in [0.4, 0.5) is 20.3 Å². The Bertz CT molecular complexity index is 1080. The number of fused-ring (bicyclic) bond motifs is 3. The lowest BCUT2D eigenvalue weighted by Gasteiger charge is -2.24. The van der Waals surface area contributed by atoms with Crippen molar-refractivity contribution in [2.75, 3.05) is 18.5 Å². The number of alkyl halides is 2. The largest absolute Gasteiger partial charge is 0.491 e. The van der Waals surface area contributed by atoms with Gasteiger partial charge in [-0.05, 0) is 31.0 Å². The molecule has 1 amide bonds. The molecule has 31 heavy (non-hydrogen) atoms. The van der Waals surface area contributed by atoms with Gasteiger partial charge >= 0.3 is 11.7 Å². The van der Waals surface area contributed by atoms with Gasteiger partial charge in [0.1, 0.15) is 30.7 Å². The number of rotatable bonds is 6. The molecule has 4 rings (SSSR count). The highest BCUT2D eigenvalue weighted by Gasteiger charge is 2.42. The van der Waals surface area contributed by atoms with E-state index in [2.05, 4.69) is 10.3 Å². The van der Waals surface area contributed by atoms with Crippen LogP contribution >= 0.6 is 0 Å². The summed E-state index contributed by atoms with van der Waals surface area (Å²) in [5.41, 5.74) is 5.73. The van der Waals surface area contributed by atoms with Crippen molar-refractivity contribution in [3.8, 4) is 17.1 Å². The summed E-state index contributed by atoms with van der Waals surface area (Å²) in [6, 6.07) is 3.95. The van der Waals surface area contributed by atoms with Crippen LogP contribution in [0.3, 0.4) is 0 Å². The zero-order valence-electron chi connectivity index (χ0n) is 17.0. The molecule has 0 saturated heterocycles. The van der Waals surface area contributed by atoms with Crippen LogP contribution in [0, 0.1) is 0 Å². The van der Waals surface area contributed by atoms with E-state index in [9.17, 15) is 18.4 Å². The molecular formula is C20H22F2N5O4+. The van der Waals surface area contributed by atoms with Crippen LogP contribution in [0.25, 0.3) is 11.4 Å². The van der Waals surface area contributed by atoms with Crippen molar-refractivity contribution in [1.82, 2.24) is 9.55 Å². The third kappa shape index (κ3) is 3.71. The Hall–Kier alpha value is -3.50. The number of nitrogens with one attached hydrogen (secondary N) is 1. The predicted octanol–water partition coefficient (Wildman–Crippen LogP) is 1.52. The predicted molar refractivity (Wildman–Crippen MR) is 107 cm³/mol. The number of aromatic nitrogens is 2. The van der Waals surface area contributed by atoms with E-state index in [4.69, 9.17) is 15.2 Å². The quantitative estimate of drug-likeness (QED) is 0.527. The Morgan fingerprint density at radius 1 is 1.42 bits per heavy atom. The van der Waals surface area contributed by atoms with Gasteiger partial charge in [0.2, 0.25) is 12.2 Å². The molecule has 3 heterocycles. The van der Waals surface area contributed by atoms with Gasteiger partial charge in [-0.15, -0.1) is 0 Å². The first-order valence-corrected chi connectivity index (χ1v) is 9.66. The molecule has 2 aromatic rings. The fourth-order valence-corrected chi connectivity index (χ4v) is 3.52. The summed E-state index contributed by atoms with van der Waals surface area (Å²) in [6.07, 6.45) is -0.705. The number of anilines is 1. The monoisotopic (exact) mass is 434 g/mol. The maximum atomic E-state index is 13.5. The van der Waals surface area contributed by atoms with Crippen molar-refractivity contribution in [3.05, 3.63) is 24.4 Å². The van der Waals surface area contributed by atoms with Gasteiger partial charge in [-0.1, -0.05) is 0 Å². The van der Waals surface area contributed by atoms with Gasteiger partial charge in [0.05, 0.1) is 12.1 Å². The smallest absolute Gasteiger partial charge is 0.345 e. The van der Waals surface area contributed by atoms with Crippen molar-refractivity contribution in [2.45, 2.75) is 38.4 Å². The van der Waals surface area contributed by atoms with E-state index in [-0.39, 0.29) is 18.3 Å². The number of nitrogens with two attached hydrogens (primary N) is 1. The standard InChI is InChI=1S/C20H21F2N5O4/c1-20(2,19(23)29)25-11-3-4-12-14(7-11)30-6-5-26-8-15(24-18(12)26)27-13(17(21)22)10-31-16(27)9-28/h3-4,7-9,13,17H,5-6,10H2,1-2H3,(H2-,23,24,25,29)/p+1/t13-/m0/s1. The van der Waals surface area contributed by atoms with E-state index < -0.39 is 23.9 Å². The Morgan fingerprint density at radius 3 is 2.87 bits per heavy atom. The number of carbonyl (C=O) groups is 2. The molecule has 164 valence electrons. The van der Waals surface area contributed by atoms with Gasteiger partial charge < -0.3 is 25.1 Å². The zero-order valence-corrected chi connectivity index (χ0v) is 17.0. The molecular weight excluding hydrogens is 412 g/mol. The van der Waals surface area contributed by atoms with Gasteiger partial charge in [0.15, 0.2) is 6.04 Å². The molecule has 2 aliphatic rings. The number of benzene rings is 1. The number of ether oxygens (including phenoxy) is 2. The molecule has 0 bridgehead atoms. The lowest BCUT2D eigenvalue weighted by Crippen LogP contribution is -2.45. The molecule has 9 nitrogen and oxygen atoms in total. The van der Waals surface area contributed by atoms with Crippen LogP contribution < -0.4 is 15.8 Å². The molecule has 2 aliphatic heterocycles. The minimum Gasteiger partial charge on any atom is -0.491 e. The number of nitrogens with zero attached hydrogens (tertiary/aromatic N) is 3. The highest BCUT2D eigenvalue weighted by Crippen LogP contribution is 2.36. The van der Waals surface area contributed by atoms with E-state index in [1.807, 2.05) is 0 Å². The van der Waals surface area contributed by atoms with Gasteiger partial charge in [-0.2, -0.15) is 4.58 Å². The molecule has 0 saturated carbocycles. The average Bonchev–Trinajstić information content (AvgIpc) is 3.28. The maximum Gasteiger partial charge on any atom is 0.345 e. The number of primary amides is 1. The van der Waals surface area contributed by atoms with Crippen molar-refractivity contribution in [2.24, 2.45) is 5.73 Å². The summed E-state index contributed by atoms with van der Waals surface area (Å²) < 4.78 is 40.8. The number of imidazole rings is 1. The van der Waals surface area contributed by atoms with Crippen molar-refractivity contribution in [3.63, 3.8) is 0 Å². The SMILES string of the molecule is CC(C)(Nc1ccc2c(c1)OCCn1cc([N+]3=C(C=O)OC[C@H]3C(F)F)nc1-2)C(N)=O. The highest BCUT2D eigenvalue weighted by molar-refractivity contribution is 6.21. The van der Waals surface area contributed by atoms with Gasteiger partial charge in [0, 0.05) is 11.8 Å². The van der Waals surface area contributed by atoms with Crippen molar-refractivity contribution >= 4 is 29.6 Å². The highest BCUT2D eigenvalue weighted by atomic mass is 19.3. The van der Waals surface area contributed by atoms with Crippen LogP contribution in [0.2, 0.25) is 0 Å². The molecule has 3 N–H and O–H groups in total. The molecule has 0 fully saturated rings. The van der Waals surface area contributed by atoms with Gasteiger partial charge in [-0.25, -0.2) is 8.78 Å². The van der Waals surface area contributed by atoms with Crippen LogP contribution in [0.15, 0.2) is 24.4 Å². The summed E-state index contributed by atoms with van der Waals surface area (Å²) in [5.74, 6) is 0.525. The van der Waals surface area contributed by atoms with Crippen molar-refractivity contribution in [1.29, 1.82) is 0 Å². The maximum absolute atomic E-state index is 13.5. The van der Waals surface area contributed by atoms with E-state index in [0.717, 1.165) is 4.58 Å². The number of halogens is 2. The number of aldehydes is 1. The number of hydrogen-bond donors (Lipinski definition) is 2. The third-order valence-corrected chi connectivity index (χ3v) is 5.26. The molecule has 11 heteroatoms. The first-order valence-electron chi connectivity index (χ1n) is 9.66. The van der Waals surface area contributed by atoms with E-state index >= 15 is 0 Å². The van der Waals surface area contributed by atoms with E-state index in [0.29, 0.717) is 42.3 Å². The summed E-state index contributed by atoms with van der Waals surface area (Å²) in [5, 5.41) is 3.06. The lowest BCUT2D eigenvalue weighted by molar-refractivity contribution is -0.492. The molecule has 0 unspecified atom stereocenters. The average molecular weight is 434 g/mol. The molecule has 1 aromatic carbocycles. The lowest BCUT2D eigenvalue weighted by atomic mass is 10.0. The first kappa shape index (κ1) is 20.8. The van der Waals surface area contributed by atoms with Gasteiger partial charge in [0.25, 0.3) is 12.2 Å². The second kappa shape index (κ2) is 7.64. The topological polar surface area (TPSA) is 111 Å². The Morgan fingerprint density at radius 2 is 2.19 bits per heavy atom. The Balaban J connectivity index is 1.73. The fourth-order valence-electron chi connectivity index (χ4n) is 3.52. The summed E-state index contributed by atoms with van der Waals surface area (Å²) >= 11 is 0. The van der Waals surface area contributed by atoms with Crippen LogP contribution in [-0.4, -0.2) is 63.4 Å². The second-order valence-electron chi connectivity index (χ2n) is 7.83.